The van der Waals surface area contributed by atoms with E-state index in [1.807, 2.05) is 0 Å². The zero-order valence-electron chi connectivity index (χ0n) is 10.2. The third-order valence-corrected chi connectivity index (χ3v) is 3.00. The molecular formula is C14H22O. The quantitative estimate of drug-likeness (QED) is 0.498. The van der Waals surface area contributed by atoms with Crippen molar-refractivity contribution in [2.75, 3.05) is 0 Å². The van der Waals surface area contributed by atoms with Gasteiger partial charge in [0.05, 0.1) is 0 Å². The molecule has 0 spiro atoms. The van der Waals surface area contributed by atoms with Crippen LogP contribution in [0.1, 0.15) is 59.3 Å². The van der Waals surface area contributed by atoms with Crippen LogP contribution in [0.2, 0.25) is 0 Å². The number of hydrogen-bond acceptors (Lipinski definition) is 1. The Labute approximate surface area is 93.6 Å². The predicted molar refractivity (Wildman–Crippen MR) is 63.4 cm³/mol. The van der Waals surface area contributed by atoms with Gasteiger partial charge < -0.3 is 4.79 Å². The molecule has 0 bridgehead atoms. The van der Waals surface area contributed by atoms with Crippen LogP contribution in [0, 0.1) is 22.7 Å². The highest BCUT2D eigenvalue weighted by atomic mass is 16.1. The first-order chi connectivity index (χ1) is 6.97. The molecule has 0 aromatic heterocycles. The number of hydrogen-bond donors (Lipinski definition) is 0. The van der Waals surface area contributed by atoms with Crippen molar-refractivity contribution in [1.82, 2.24) is 0 Å². The second-order valence-electron chi connectivity index (χ2n) is 5.77. The van der Waals surface area contributed by atoms with Gasteiger partial charge in [-0.05, 0) is 33.6 Å². The molecule has 1 aliphatic rings. The van der Waals surface area contributed by atoms with Crippen LogP contribution in [0.25, 0.3) is 0 Å². The summed E-state index contributed by atoms with van der Waals surface area (Å²) >= 11 is 0. The minimum absolute atomic E-state index is 0.0543. The molecule has 0 aromatic rings. The highest BCUT2D eigenvalue weighted by molar-refractivity contribution is 5.60. The molecule has 0 radical (unpaired) electrons. The molecule has 0 aliphatic heterocycles. The number of carbonyl (C=O) groups excluding carboxylic acids is 1. The molecule has 0 saturated heterocycles. The maximum atomic E-state index is 11.2. The molecule has 0 heterocycles. The number of rotatable bonds is 2. The highest BCUT2D eigenvalue weighted by Gasteiger charge is 2.30. The van der Waals surface area contributed by atoms with E-state index in [4.69, 9.17) is 0 Å². The summed E-state index contributed by atoms with van der Waals surface area (Å²) in [6, 6.07) is 0. The van der Waals surface area contributed by atoms with Gasteiger partial charge in [-0.3, -0.25) is 0 Å². The topological polar surface area (TPSA) is 17.1 Å². The lowest BCUT2D eigenvalue weighted by Crippen LogP contribution is -2.25. The Bertz CT molecular complexity index is 266. The van der Waals surface area contributed by atoms with Gasteiger partial charge in [0.2, 0.25) is 0 Å². The van der Waals surface area contributed by atoms with Crippen molar-refractivity contribution in [1.29, 1.82) is 0 Å². The van der Waals surface area contributed by atoms with E-state index >= 15 is 0 Å². The molecule has 1 fully saturated rings. The van der Waals surface area contributed by atoms with Crippen LogP contribution in [0.15, 0.2) is 0 Å². The van der Waals surface area contributed by atoms with Gasteiger partial charge in [0.15, 0.2) is 0 Å². The van der Waals surface area contributed by atoms with E-state index in [0.717, 1.165) is 25.5 Å². The van der Waals surface area contributed by atoms with Crippen LogP contribution in [0.4, 0.5) is 0 Å². The summed E-state index contributed by atoms with van der Waals surface area (Å²) in [4.78, 5) is 11.2. The van der Waals surface area contributed by atoms with Crippen molar-refractivity contribution in [3.8, 4) is 11.8 Å². The van der Waals surface area contributed by atoms with Gasteiger partial charge in [-0.1, -0.05) is 25.2 Å². The maximum Gasteiger partial charge on any atom is 0.127 e. The second kappa shape index (κ2) is 4.84. The third kappa shape index (κ3) is 4.08. The summed E-state index contributed by atoms with van der Waals surface area (Å²) < 4.78 is 0. The summed E-state index contributed by atoms with van der Waals surface area (Å²) in [6.07, 6.45) is 7.65. The number of carbonyl (C=O) groups is 1. The Hall–Kier alpha value is -0.770. The Morgan fingerprint density at radius 1 is 1.20 bits per heavy atom. The standard InChI is InChI=1S/C14H22O/c1-13(2,3)8-7-11-14(12-15)9-5-4-6-10-14/h12H,4-6,9-11H2,1-3H3. The predicted octanol–water partition coefficient (Wildman–Crippen LogP) is 3.58. The van der Waals surface area contributed by atoms with E-state index in [1.54, 1.807) is 0 Å². The summed E-state index contributed by atoms with van der Waals surface area (Å²) in [5.74, 6) is 6.42. The molecule has 1 heteroatoms. The Morgan fingerprint density at radius 2 is 1.80 bits per heavy atom. The summed E-state index contributed by atoms with van der Waals surface area (Å²) in [5, 5.41) is 0. The second-order valence-corrected chi connectivity index (χ2v) is 5.77. The van der Waals surface area contributed by atoms with E-state index in [0.29, 0.717) is 0 Å². The van der Waals surface area contributed by atoms with Gasteiger partial charge in [-0.25, -0.2) is 0 Å². The lowest BCUT2D eigenvalue weighted by Gasteiger charge is -2.30. The molecule has 0 atom stereocenters. The average molecular weight is 206 g/mol. The SMILES string of the molecule is CC(C)(C)C#CCC1(C=O)CCCCC1. The first kappa shape index (κ1) is 12.3. The fourth-order valence-corrected chi connectivity index (χ4v) is 2.08. The lowest BCUT2D eigenvalue weighted by molar-refractivity contribution is -0.117. The molecule has 0 aromatic carbocycles. The van der Waals surface area contributed by atoms with Gasteiger partial charge in [-0.2, -0.15) is 0 Å². The Kier molecular flexibility index (Phi) is 3.97. The molecule has 1 rings (SSSR count). The molecule has 1 aliphatic carbocycles. The molecule has 84 valence electrons. The maximum absolute atomic E-state index is 11.2. The summed E-state index contributed by atoms with van der Waals surface area (Å²) in [6.45, 7) is 6.32. The molecular weight excluding hydrogens is 184 g/mol. The van der Waals surface area contributed by atoms with Gasteiger partial charge in [-0.15, -0.1) is 5.92 Å². The first-order valence-electron chi connectivity index (χ1n) is 5.94. The molecule has 0 N–H and O–H groups in total. The zero-order valence-corrected chi connectivity index (χ0v) is 10.2. The van der Waals surface area contributed by atoms with Crippen LogP contribution < -0.4 is 0 Å². The Balaban J connectivity index is 2.59. The van der Waals surface area contributed by atoms with Crippen LogP contribution in [-0.4, -0.2) is 6.29 Å². The zero-order chi connectivity index (χ0) is 11.4. The molecule has 15 heavy (non-hydrogen) atoms. The van der Waals surface area contributed by atoms with Crippen LogP contribution in [0.5, 0.6) is 0 Å². The van der Waals surface area contributed by atoms with Gasteiger partial charge in [0.25, 0.3) is 0 Å². The van der Waals surface area contributed by atoms with Gasteiger partial charge in [0, 0.05) is 17.3 Å². The lowest BCUT2D eigenvalue weighted by atomic mass is 9.73. The van der Waals surface area contributed by atoms with Crippen LogP contribution >= 0.6 is 0 Å². The largest absolute Gasteiger partial charge is 0.303 e. The van der Waals surface area contributed by atoms with Gasteiger partial charge in [0.1, 0.15) is 6.29 Å². The first-order valence-corrected chi connectivity index (χ1v) is 5.94. The van der Waals surface area contributed by atoms with Crippen LogP contribution in [0.3, 0.4) is 0 Å². The molecule has 0 unspecified atom stereocenters. The average Bonchev–Trinajstić information content (AvgIpc) is 2.17. The van der Waals surface area contributed by atoms with Crippen molar-refractivity contribution >= 4 is 6.29 Å². The van der Waals surface area contributed by atoms with E-state index < -0.39 is 0 Å². The van der Waals surface area contributed by atoms with E-state index in [1.165, 1.54) is 19.3 Å². The monoisotopic (exact) mass is 206 g/mol. The van der Waals surface area contributed by atoms with Crippen molar-refractivity contribution in [3.05, 3.63) is 0 Å². The van der Waals surface area contributed by atoms with Crippen LogP contribution in [-0.2, 0) is 4.79 Å². The summed E-state index contributed by atoms with van der Waals surface area (Å²) in [7, 11) is 0. The Morgan fingerprint density at radius 3 is 2.27 bits per heavy atom. The molecule has 1 nitrogen and oxygen atoms in total. The molecule has 0 amide bonds. The minimum Gasteiger partial charge on any atom is -0.303 e. The van der Waals surface area contributed by atoms with E-state index in [2.05, 4.69) is 32.6 Å². The van der Waals surface area contributed by atoms with Crippen molar-refractivity contribution in [2.45, 2.75) is 59.3 Å². The van der Waals surface area contributed by atoms with Gasteiger partial charge >= 0.3 is 0 Å². The third-order valence-electron chi connectivity index (χ3n) is 3.00. The van der Waals surface area contributed by atoms with Crippen molar-refractivity contribution in [2.24, 2.45) is 10.8 Å². The number of aldehydes is 1. The fourth-order valence-electron chi connectivity index (χ4n) is 2.08. The fraction of sp³-hybridized carbons (Fsp3) is 0.786. The van der Waals surface area contributed by atoms with E-state index in [-0.39, 0.29) is 10.8 Å². The smallest absolute Gasteiger partial charge is 0.127 e. The molecule has 1 saturated carbocycles. The van der Waals surface area contributed by atoms with Crippen molar-refractivity contribution in [3.63, 3.8) is 0 Å². The minimum atomic E-state index is -0.115. The summed E-state index contributed by atoms with van der Waals surface area (Å²) in [5.41, 5.74) is -0.0603. The van der Waals surface area contributed by atoms with Crippen molar-refractivity contribution < 1.29 is 4.79 Å². The normalized spacial score (nSPS) is 20.2. The van der Waals surface area contributed by atoms with E-state index in [9.17, 15) is 4.79 Å². The highest BCUT2D eigenvalue weighted by Crippen LogP contribution is 2.37.